The van der Waals surface area contributed by atoms with Gasteiger partial charge in [-0.15, -0.1) is 0 Å². The number of nitrogens with one attached hydrogen (secondary N) is 2. The van der Waals surface area contributed by atoms with E-state index in [1.54, 1.807) is 7.11 Å². The van der Waals surface area contributed by atoms with Crippen LogP contribution in [0.4, 0.5) is 0 Å². The third-order valence-corrected chi connectivity index (χ3v) is 1.50. The molecule has 1 aliphatic heterocycles. The van der Waals surface area contributed by atoms with Crippen LogP contribution in [0.3, 0.4) is 0 Å². The number of hydrogen-bond acceptors (Lipinski definition) is 3. The molecule has 1 aliphatic rings. The molecule has 0 spiro atoms. The van der Waals surface area contributed by atoms with Gasteiger partial charge < -0.3 is 15.4 Å². The lowest BCUT2D eigenvalue weighted by Gasteiger charge is -2.20. The Labute approximate surface area is 67.1 Å². The normalized spacial score (nSPS) is 17.5. The van der Waals surface area contributed by atoms with Crippen LogP contribution in [0, 0.1) is 6.04 Å². The van der Waals surface area contributed by atoms with E-state index in [9.17, 15) is 0 Å². The van der Waals surface area contributed by atoms with E-state index in [2.05, 4.69) is 10.6 Å². The van der Waals surface area contributed by atoms with Crippen molar-refractivity contribution in [3.63, 3.8) is 0 Å². The Balaban J connectivity index is 2.52. The zero-order valence-corrected chi connectivity index (χ0v) is 6.85. The molecule has 0 saturated heterocycles. The monoisotopic (exact) mass is 153 g/mol. The molecule has 61 valence electrons. The number of likely N-dealkylation sites (N-methyl/N-ethyl adjacent to an activating group) is 1. The summed E-state index contributed by atoms with van der Waals surface area (Å²) in [6, 6.07) is 1.07. The Morgan fingerprint density at radius 1 is 1.64 bits per heavy atom. The first-order chi connectivity index (χ1) is 5.38. The number of dihydropyridines is 1. The molecule has 0 aromatic carbocycles. The average Bonchev–Trinajstić information content (AvgIpc) is 2.06. The quantitative estimate of drug-likeness (QED) is 0.615. The second-order valence-corrected chi connectivity index (χ2v) is 2.25. The van der Waals surface area contributed by atoms with Gasteiger partial charge in [0.1, 0.15) is 6.04 Å². The van der Waals surface area contributed by atoms with Crippen LogP contribution in [0.5, 0.6) is 0 Å². The van der Waals surface area contributed by atoms with E-state index < -0.39 is 0 Å². The third kappa shape index (κ3) is 1.98. The highest BCUT2D eigenvalue weighted by molar-refractivity contribution is 5.30. The molecule has 0 aliphatic carbocycles. The molecule has 0 atom stereocenters. The molecule has 1 heterocycles. The maximum atomic E-state index is 5.00. The molecule has 3 nitrogen and oxygen atoms in total. The molecule has 0 saturated carbocycles. The number of rotatable bonds is 3. The van der Waals surface area contributed by atoms with Crippen molar-refractivity contribution in [2.75, 3.05) is 20.8 Å². The fourth-order valence-electron chi connectivity index (χ4n) is 0.969. The smallest absolute Gasteiger partial charge is 0.131 e. The van der Waals surface area contributed by atoms with Crippen LogP contribution < -0.4 is 10.6 Å². The molecule has 2 N–H and O–H groups in total. The van der Waals surface area contributed by atoms with Crippen molar-refractivity contribution in [3.05, 3.63) is 30.1 Å². The Hall–Kier alpha value is -0.960. The summed E-state index contributed by atoms with van der Waals surface area (Å²) < 4.78 is 5.00. The Bertz CT molecular complexity index is 175. The van der Waals surface area contributed by atoms with Crippen molar-refractivity contribution in [1.29, 1.82) is 0 Å². The van der Waals surface area contributed by atoms with Crippen molar-refractivity contribution in [3.8, 4) is 0 Å². The summed E-state index contributed by atoms with van der Waals surface area (Å²) in [5.74, 6) is 0. The van der Waals surface area contributed by atoms with E-state index in [0.717, 1.165) is 11.7 Å². The predicted octanol–water partition coefficient (Wildman–Crippen LogP) is 0.385. The number of ether oxygens (including phenoxy) is 1. The minimum Gasteiger partial charge on any atom is -0.389 e. The number of hydrogen-bond donors (Lipinski definition) is 2. The molecule has 0 aromatic rings. The van der Waals surface area contributed by atoms with Crippen molar-refractivity contribution in [2.45, 2.75) is 0 Å². The minimum absolute atomic E-state index is 0.608. The molecule has 0 bridgehead atoms. The molecule has 0 fully saturated rings. The van der Waals surface area contributed by atoms with E-state index in [0.29, 0.717) is 6.61 Å². The summed E-state index contributed by atoms with van der Waals surface area (Å²) in [6.45, 7) is 0.608. The summed E-state index contributed by atoms with van der Waals surface area (Å²) in [6.07, 6.45) is 5.84. The van der Waals surface area contributed by atoms with Crippen LogP contribution in [0.1, 0.15) is 0 Å². The van der Waals surface area contributed by atoms with Gasteiger partial charge in [0.15, 0.2) is 0 Å². The molecule has 0 amide bonds. The van der Waals surface area contributed by atoms with Crippen molar-refractivity contribution in [2.24, 2.45) is 0 Å². The third-order valence-electron chi connectivity index (χ3n) is 1.50. The van der Waals surface area contributed by atoms with Crippen LogP contribution in [0.25, 0.3) is 0 Å². The zero-order valence-electron chi connectivity index (χ0n) is 6.85. The van der Waals surface area contributed by atoms with Crippen LogP contribution in [0.2, 0.25) is 0 Å². The van der Waals surface area contributed by atoms with Crippen molar-refractivity contribution < 1.29 is 4.74 Å². The second-order valence-electron chi connectivity index (χ2n) is 2.25. The first-order valence-corrected chi connectivity index (χ1v) is 3.54. The lowest BCUT2D eigenvalue weighted by molar-refractivity contribution is 0.206. The van der Waals surface area contributed by atoms with Gasteiger partial charge in [0, 0.05) is 19.9 Å². The largest absolute Gasteiger partial charge is 0.389 e. The molecular formula is C8H13N2O. The van der Waals surface area contributed by atoms with Crippen LogP contribution in [0.15, 0.2) is 24.0 Å². The van der Waals surface area contributed by atoms with E-state index in [-0.39, 0.29) is 0 Å². The number of allylic oxidation sites excluding steroid dienone is 2. The number of methoxy groups -OCH3 is 1. The standard InChI is InChI=1S/C8H13N2O/c1-9-7-4-3-5-10-8(7)6-11-2/h3-5,9-10H,6H2,1-2H3. The van der Waals surface area contributed by atoms with Gasteiger partial charge in [-0.2, -0.15) is 0 Å². The van der Waals surface area contributed by atoms with Gasteiger partial charge in [-0.3, -0.25) is 0 Å². The van der Waals surface area contributed by atoms with Crippen molar-refractivity contribution >= 4 is 0 Å². The Kier molecular flexibility index (Phi) is 2.98. The van der Waals surface area contributed by atoms with Gasteiger partial charge in [-0.25, -0.2) is 0 Å². The van der Waals surface area contributed by atoms with Gasteiger partial charge in [0.25, 0.3) is 0 Å². The highest BCUT2D eigenvalue weighted by atomic mass is 16.5. The summed E-state index contributed by atoms with van der Waals surface area (Å²) in [5.41, 5.74) is 1.08. The van der Waals surface area contributed by atoms with Gasteiger partial charge >= 0.3 is 0 Å². The average molecular weight is 153 g/mol. The maximum Gasteiger partial charge on any atom is 0.131 e. The summed E-state index contributed by atoms with van der Waals surface area (Å²) in [7, 11) is 3.57. The summed E-state index contributed by atoms with van der Waals surface area (Å²) in [4.78, 5) is 0. The molecule has 3 heteroatoms. The molecule has 1 rings (SSSR count). The van der Waals surface area contributed by atoms with Crippen LogP contribution in [-0.4, -0.2) is 20.8 Å². The first kappa shape index (κ1) is 8.14. The van der Waals surface area contributed by atoms with Crippen LogP contribution in [-0.2, 0) is 4.74 Å². The van der Waals surface area contributed by atoms with Gasteiger partial charge in [-0.1, -0.05) is 0 Å². The first-order valence-electron chi connectivity index (χ1n) is 3.54. The van der Waals surface area contributed by atoms with E-state index >= 15 is 0 Å². The zero-order chi connectivity index (χ0) is 8.10. The highest BCUT2D eigenvalue weighted by Gasteiger charge is 2.13. The van der Waals surface area contributed by atoms with Gasteiger partial charge in [0.2, 0.25) is 0 Å². The SMILES string of the molecule is CNC1=CC=CN[C]1COC. The van der Waals surface area contributed by atoms with Gasteiger partial charge in [0.05, 0.1) is 6.61 Å². The van der Waals surface area contributed by atoms with Crippen LogP contribution >= 0.6 is 0 Å². The summed E-state index contributed by atoms with van der Waals surface area (Å²) >= 11 is 0. The lowest BCUT2D eigenvalue weighted by atomic mass is 10.2. The Morgan fingerprint density at radius 2 is 2.45 bits per heavy atom. The van der Waals surface area contributed by atoms with Crippen molar-refractivity contribution in [1.82, 2.24) is 10.6 Å². The van der Waals surface area contributed by atoms with E-state index in [1.165, 1.54) is 0 Å². The molecule has 11 heavy (non-hydrogen) atoms. The highest BCUT2D eigenvalue weighted by Crippen LogP contribution is 2.10. The predicted molar refractivity (Wildman–Crippen MR) is 44.5 cm³/mol. The molecule has 0 aromatic heterocycles. The van der Waals surface area contributed by atoms with Gasteiger partial charge in [-0.05, 0) is 18.4 Å². The second kappa shape index (κ2) is 4.03. The summed E-state index contributed by atoms with van der Waals surface area (Å²) in [5, 5.41) is 6.17. The van der Waals surface area contributed by atoms with E-state index in [4.69, 9.17) is 4.74 Å². The molecule has 1 radical (unpaired) electrons. The Morgan fingerprint density at radius 3 is 3.09 bits per heavy atom. The lowest BCUT2D eigenvalue weighted by Crippen LogP contribution is -2.29. The van der Waals surface area contributed by atoms with E-state index in [1.807, 2.05) is 25.4 Å². The molecular weight excluding hydrogens is 140 g/mol. The minimum atomic E-state index is 0.608. The molecule has 0 unspecified atom stereocenters. The fraction of sp³-hybridized carbons (Fsp3) is 0.375. The maximum absolute atomic E-state index is 5.00. The fourth-order valence-corrected chi connectivity index (χ4v) is 0.969. The topological polar surface area (TPSA) is 33.3 Å².